The predicted octanol–water partition coefficient (Wildman–Crippen LogP) is 1.02. The summed E-state index contributed by atoms with van der Waals surface area (Å²) in [5.41, 5.74) is 0.0910. The molecule has 1 N–H and O–H groups in total. The van der Waals surface area contributed by atoms with E-state index in [1.807, 2.05) is 4.90 Å². The van der Waals surface area contributed by atoms with Crippen molar-refractivity contribution >= 4 is 39.0 Å². The summed E-state index contributed by atoms with van der Waals surface area (Å²) in [6, 6.07) is 12.5. The Bertz CT molecular complexity index is 1400. The Balaban J connectivity index is 1.92. The average molecular weight is 471 g/mol. The number of piperazine rings is 1. The van der Waals surface area contributed by atoms with Gasteiger partial charge in [0.2, 0.25) is 9.84 Å². The molecule has 0 atom stereocenters. The zero-order valence-electron chi connectivity index (χ0n) is 17.3. The number of allylic oxidation sites excluding steroid dienone is 1. The van der Waals surface area contributed by atoms with E-state index in [1.54, 1.807) is 30.5 Å². The minimum Gasteiger partial charge on any atom is -0.345 e. The number of rotatable bonds is 4. The Morgan fingerprint density at radius 2 is 1.88 bits per heavy atom. The van der Waals surface area contributed by atoms with E-state index in [0.29, 0.717) is 29.6 Å². The van der Waals surface area contributed by atoms with Gasteiger partial charge in [-0.25, -0.2) is 13.4 Å². The molecule has 3 heterocycles. The van der Waals surface area contributed by atoms with Crippen molar-refractivity contribution in [1.29, 1.82) is 5.26 Å². The molecule has 1 aromatic carbocycles. The number of quaternary nitrogens is 1. The van der Waals surface area contributed by atoms with Crippen LogP contribution in [0.4, 0.5) is 5.82 Å². The highest BCUT2D eigenvalue weighted by Gasteiger charge is 2.26. The van der Waals surface area contributed by atoms with Gasteiger partial charge in [0.25, 0.3) is 5.56 Å². The van der Waals surface area contributed by atoms with Crippen molar-refractivity contribution in [3.63, 3.8) is 0 Å². The molecule has 1 aliphatic rings. The fraction of sp³-hybridized carbons (Fsp3) is 0.227. The van der Waals surface area contributed by atoms with Crippen LogP contribution in [0.25, 0.3) is 11.7 Å². The number of halogens is 1. The van der Waals surface area contributed by atoms with Gasteiger partial charge in [-0.05, 0) is 42.5 Å². The van der Waals surface area contributed by atoms with Crippen LogP contribution in [0.15, 0.2) is 63.3 Å². The molecule has 3 aromatic rings. The first-order chi connectivity index (χ1) is 15.3. The van der Waals surface area contributed by atoms with Gasteiger partial charge in [0.15, 0.2) is 0 Å². The molecule has 32 heavy (non-hydrogen) atoms. The van der Waals surface area contributed by atoms with Crippen LogP contribution in [0.5, 0.6) is 0 Å². The number of benzene rings is 1. The SMILES string of the molecule is C[NH+]1CCN(c2nc3ccccn3c(=O)c2/C=C(\C#N)S(=O)(=O)c2ccc(Cl)cc2)CC1. The highest BCUT2D eigenvalue weighted by Crippen LogP contribution is 2.25. The second kappa shape index (κ2) is 8.74. The molecule has 1 aliphatic heterocycles. The smallest absolute Gasteiger partial charge is 0.267 e. The number of fused-ring (bicyclic) bond motifs is 1. The molecule has 0 bridgehead atoms. The largest absolute Gasteiger partial charge is 0.345 e. The maximum Gasteiger partial charge on any atom is 0.267 e. The Morgan fingerprint density at radius 3 is 2.53 bits per heavy atom. The van der Waals surface area contributed by atoms with E-state index in [4.69, 9.17) is 11.6 Å². The van der Waals surface area contributed by atoms with Crippen LogP contribution in [0.3, 0.4) is 0 Å². The van der Waals surface area contributed by atoms with Crippen molar-refractivity contribution in [3.05, 3.63) is 74.5 Å². The van der Waals surface area contributed by atoms with Crippen LogP contribution in [0, 0.1) is 11.3 Å². The van der Waals surface area contributed by atoms with Gasteiger partial charge in [0.1, 0.15) is 22.4 Å². The van der Waals surface area contributed by atoms with Gasteiger partial charge in [0.05, 0.1) is 43.7 Å². The molecule has 0 aliphatic carbocycles. The Kier molecular flexibility index (Phi) is 6.02. The molecular weight excluding hydrogens is 450 g/mol. The minimum absolute atomic E-state index is 0.0716. The van der Waals surface area contributed by atoms with Crippen LogP contribution in [-0.2, 0) is 9.84 Å². The topological polar surface area (TPSA) is 100.0 Å². The van der Waals surface area contributed by atoms with Crippen LogP contribution >= 0.6 is 11.6 Å². The number of likely N-dealkylation sites (N-methyl/N-ethyl adjacent to an activating group) is 1. The van der Waals surface area contributed by atoms with Crippen molar-refractivity contribution in [3.8, 4) is 6.07 Å². The maximum absolute atomic E-state index is 13.3. The third-order valence-electron chi connectivity index (χ3n) is 5.46. The Hall–Kier alpha value is -3.19. The molecule has 0 spiro atoms. The van der Waals surface area contributed by atoms with E-state index in [-0.39, 0.29) is 10.5 Å². The number of pyridine rings is 1. The highest BCUT2D eigenvalue weighted by atomic mass is 35.5. The molecule has 0 amide bonds. The van der Waals surface area contributed by atoms with Gasteiger partial charge >= 0.3 is 0 Å². The van der Waals surface area contributed by atoms with Crippen LogP contribution < -0.4 is 15.4 Å². The van der Waals surface area contributed by atoms with Gasteiger partial charge in [-0.2, -0.15) is 5.26 Å². The number of nitriles is 1. The molecule has 4 rings (SSSR count). The molecule has 164 valence electrons. The summed E-state index contributed by atoms with van der Waals surface area (Å²) in [6.07, 6.45) is 2.71. The number of hydrogen-bond donors (Lipinski definition) is 1. The second-order valence-corrected chi connectivity index (χ2v) is 9.96. The van der Waals surface area contributed by atoms with Gasteiger partial charge in [-0.15, -0.1) is 0 Å². The molecular formula is C22H21ClN5O3S+. The fourth-order valence-corrected chi connectivity index (χ4v) is 4.87. The van der Waals surface area contributed by atoms with Crippen LogP contribution in [0.2, 0.25) is 5.02 Å². The molecule has 10 heteroatoms. The van der Waals surface area contributed by atoms with E-state index in [0.717, 1.165) is 19.2 Å². The number of nitrogens with one attached hydrogen (secondary N) is 1. The molecule has 1 saturated heterocycles. The second-order valence-electron chi connectivity index (χ2n) is 7.60. The first-order valence-corrected chi connectivity index (χ1v) is 11.9. The van der Waals surface area contributed by atoms with Crippen molar-refractivity contribution in [2.75, 3.05) is 38.1 Å². The first kappa shape index (κ1) is 22.0. The van der Waals surface area contributed by atoms with Crippen molar-refractivity contribution in [1.82, 2.24) is 9.38 Å². The lowest BCUT2D eigenvalue weighted by Crippen LogP contribution is -3.12. The van der Waals surface area contributed by atoms with Crippen molar-refractivity contribution in [2.24, 2.45) is 0 Å². The fourth-order valence-electron chi connectivity index (χ4n) is 3.60. The Labute approximate surface area is 190 Å². The van der Waals surface area contributed by atoms with E-state index >= 15 is 0 Å². The van der Waals surface area contributed by atoms with E-state index in [1.165, 1.54) is 33.6 Å². The normalized spacial score (nSPS) is 15.7. The van der Waals surface area contributed by atoms with Crippen molar-refractivity contribution in [2.45, 2.75) is 4.90 Å². The lowest BCUT2D eigenvalue weighted by molar-refractivity contribution is -0.880. The van der Waals surface area contributed by atoms with Crippen molar-refractivity contribution < 1.29 is 13.3 Å². The number of aromatic nitrogens is 2. The summed E-state index contributed by atoms with van der Waals surface area (Å²) in [6.45, 7) is 3.03. The standard InChI is InChI=1S/C22H20ClN5O3S/c1-26-10-12-27(13-11-26)21-19(22(29)28-9-3-2-4-20(28)25-21)14-18(15-24)32(30,31)17-7-5-16(23)6-8-17/h2-9,14H,10-13H2,1H3/p+1/b18-14+. The monoisotopic (exact) mass is 470 g/mol. The van der Waals surface area contributed by atoms with Gasteiger partial charge in [0, 0.05) is 11.2 Å². The van der Waals surface area contributed by atoms with Crippen LogP contribution in [-0.4, -0.2) is 51.0 Å². The quantitative estimate of drug-likeness (QED) is 0.571. The average Bonchev–Trinajstić information content (AvgIpc) is 2.79. The summed E-state index contributed by atoms with van der Waals surface area (Å²) in [5, 5.41) is 10.1. The van der Waals surface area contributed by atoms with Crippen LogP contribution in [0.1, 0.15) is 5.56 Å². The molecule has 8 nitrogen and oxygen atoms in total. The number of sulfone groups is 1. The molecule has 2 aromatic heterocycles. The summed E-state index contributed by atoms with van der Waals surface area (Å²) in [7, 11) is -2.06. The number of hydrogen-bond acceptors (Lipinski definition) is 6. The summed E-state index contributed by atoms with van der Waals surface area (Å²) < 4.78 is 27.6. The molecule has 0 radical (unpaired) electrons. The number of nitrogens with zero attached hydrogens (tertiary/aromatic N) is 4. The lowest BCUT2D eigenvalue weighted by atomic mass is 10.2. The van der Waals surface area contributed by atoms with Gasteiger partial charge in [-0.3, -0.25) is 9.20 Å². The third-order valence-corrected chi connectivity index (χ3v) is 7.40. The first-order valence-electron chi connectivity index (χ1n) is 10.0. The summed E-state index contributed by atoms with van der Waals surface area (Å²) in [5.74, 6) is 0.382. The summed E-state index contributed by atoms with van der Waals surface area (Å²) >= 11 is 5.86. The lowest BCUT2D eigenvalue weighted by Gasteiger charge is -2.31. The minimum atomic E-state index is -4.15. The zero-order valence-corrected chi connectivity index (χ0v) is 18.9. The summed E-state index contributed by atoms with van der Waals surface area (Å²) in [4.78, 5) is 20.7. The number of anilines is 1. The third kappa shape index (κ3) is 4.12. The molecule has 1 fully saturated rings. The van der Waals surface area contributed by atoms with Gasteiger partial charge < -0.3 is 9.80 Å². The van der Waals surface area contributed by atoms with E-state index in [2.05, 4.69) is 12.0 Å². The van der Waals surface area contributed by atoms with E-state index in [9.17, 15) is 18.5 Å². The zero-order chi connectivity index (χ0) is 22.9. The maximum atomic E-state index is 13.3. The van der Waals surface area contributed by atoms with Gasteiger partial charge in [-0.1, -0.05) is 17.7 Å². The molecule has 0 saturated carbocycles. The van der Waals surface area contributed by atoms with E-state index < -0.39 is 20.3 Å². The highest BCUT2D eigenvalue weighted by molar-refractivity contribution is 7.95. The Morgan fingerprint density at radius 1 is 1.19 bits per heavy atom. The predicted molar refractivity (Wildman–Crippen MR) is 123 cm³/mol. The molecule has 0 unspecified atom stereocenters.